The number of hydrogen-bond acceptors (Lipinski definition) is 8. The van der Waals surface area contributed by atoms with Crippen LogP contribution in [0.3, 0.4) is 0 Å². The van der Waals surface area contributed by atoms with Crippen LogP contribution in [0, 0.1) is 0 Å². The highest BCUT2D eigenvalue weighted by atomic mass is 35.5. The van der Waals surface area contributed by atoms with E-state index in [2.05, 4.69) is 22.4 Å². The van der Waals surface area contributed by atoms with Crippen molar-refractivity contribution in [1.29, 1.82) is 0 Å². The SMILES string of the molecule is CCCCc1noc(CN(C)CC(=O)Nc2ccc(Cl)c(S(=O)(=O)N3CCOCC3)c2)n1. The summed E-state index contributed by atoms with van der Waals surface area (Å²) in [6.07, 6.45) is 2.79. The minimum Gasteiger partial charge on any atom is -0.379 e. The van der Waals surface area contributed by atoms with Gasteiger partial charge < -0.3 is 14.6 Å². The van der Waals surface area contributed by atoms with Gasteiger partial charge in [-0.15, -0.1) is 0 Å². The Hall–Kier alpha value is -2.05. The molecule has 32 heavy (non-hydrogen) atoms. The van der Waals surface area contributed by atoms with Gasteiger partial charge in [0.05, 0.1) is 31.3 Å². The lowest BCUT2D eigenvalue weighted by molar-refractivity contribution is -0.117. The molecule has 1 N–H and O–H groups in total. The fourth-order valence-corrected chi connectivity index (χ4v) is 5.14. The third kappa shape index (κ3) is 6.48. The fraction of sp³-hybridized carbons (Fsp3) is 0.550. The number of nitrogens with one attached hydrogen (secondary N) is 1. The van der Waals surface area contributed by atoms with Crippen LogP contribution in [0.5, 0.6) is 0 Å². The minimum absolute atomic E-state index is 0.0438. The summed E-state index contributed by atoms with van der Waals surface area (Å²) in [5, 5.41) is 6.76. The van der Waals surface area contributed by atoms with Gasteiger partial charge in [-0.2, -0.15) is 9.29 Å². The highest BCUT2D eigenvalue weighted by Crippen LogP contribution is 2.28. The van der Waals surface area contributed by atoms with Crippen LogP contribution in [0.15, 0.2) is 27.6 Å². The van der Waals surface area contributed by atoms with Crippen molar-refractivity contribution in [3.8, 4) is 0 Å². The summed E-state index contributed by atoms with van der Waals surface area (Å²) in [5.41, 5.74) is 0.347. The van der Waals surface area contributed by atoms with Gasteiger partial charge in [0.2, 0.25) is 21.8 Å². The van der Waals surface area contributed by atoms with E-state index in [1.165, 1.54) is 16.4 Å². The number of carbonyl (C=O) groups excluding carboxylic acids is 1. The maximum absolute atomic E-state index is 12.9. The van der Waals surface area contributed by atoms with Crippen molar-refractivity contribution in [2.24, 2.45) is 0 Å². The number of carbonyl (C=O) groups is 1. The molecule has 0 aliphatic carbocycles. The van der Waals surface area contributed by atoms with Gasteiger partial charge in [-0.05, 0) is 31.7 Å². The molecule has 0 atom stereocenters. The highest BCUT2D eigenvalue weighted by molar-refractivity contribution is 7.89. The predicted octanol–water partition coefficient (Wildman–Crippen LogP) is 2.16. The average molecular weight is 486 g/mol. The van der Waals surface area contributed by atoms with Crippen LogP contribution < -0.4 is 5.32 Å². The van der Waals surface area contributed by atoms with Crippen molar-refractivity contribution in [2.45, 2.75) is 37.6 Å². The molecule has 1 amide bonds. The molecule has 1 aliphatic heterocycles. The van der Waals surface area contributed by atoms with Crippen LogP contribution in [-0.4, -0.2) is 73.6 Å². The van der Waals surface area contributed by atoms with Crippen LogP contribution in [0.25, 0.3) is 0 Å². The molecule has 12 heteroatoms. The summed E-state index contributed by atoms with van der Waals surface area (Å²) in [4.78, 5) is 18.5. The number of morpholine rings is 1. The first-order chi connectivity index (χ1) is 15.3. The zero-order valence-corrected chi connectivity index (χ0v) is 19.8. The Kier molecular flexibility index (Phi) is 8.60. The van der Waals surface area contributed by atoms with Crippen molar-refractivity contribution in [2.75, 3.05) is 45.2 Å². The lowest BCUT2D eigenvalue weighted by atomic mass is 10.2. The molecule has 1 saturated heterocycles. The Bertz CT molecular complexity index is 1020. The monoisotopic (exact) mass is 485 g/mol. The van der Waals surface area contributed by atoms with Crippen LogP contribution in [0.4, 0.5) is 5.69 Å². The maximum Gasteiger partial charge on any atom is 0.244 e. The molecule has 0 spiro atoms. The van der Waals surface area contributed by atoms with E-state index in [9.17, 15) is 13.2 Å². The minimum atomic E-state index is -3.79. The molecular weight excluding hydrogens is 458 g/mol. The third-order valence-corrected chi connectivity index (χ3v) is 7.27. The second kappa shape index (κ2) is 11.2. The Balaban J connectivity index is 1.60. The lowest BCUT2D eigenvalue weighted by Crippen LogP contribution is -2.40. The molecule has 2 aromatic rings. The number of ether oxygens (including phenoxy) is 1. The van der Waals surface area contributed by atoms with Gasteiger partial charge in [0.1, 0.15) is 4.90 Å². The number of rotatable bonds is 10. The number of unbranched alkanes of at least 4 members (excludes halogenated alkanes) is 1. The number of anilines is 1. The smallest absolute Gasteiger partial charge is 0.244 e. The first kappa shape index (κ1) is 24.6. The van der Waals surface area contributed by atoms with Crippen molar-refractivity contribution in [3.63, 3.8) is 0 Å². The Morgan fingerprint density at radius 1 is 1.31 bits per heavy atom. The van der Waals surface area contributed by atoms with Crippen LogP contribution >= 0.6 is 11.6 Å². The van der Waals surface area contributed by atoms with Gasteiger partial charge in [0.15, 0.2) is 5.82 Å². The van der Waals surface area contributed by atoms with Gasteiger partial charge in [0.25, 0.3) is 0 Å². The number of nitrogens with zero attached hydrogens (tertiary/aromatic N) is 4. The number of benzene rings is 1. The van der Waals surface area contributed by atoms with Crippen LogP contribution in [0.2, 0.25) is 5.02 Å². The molecule has 1 aromatic carbocycles. The van der Waals surface area contributed by atoms with Crippen LogP contribution in [0.1, 0.15) is 31.5 Å². The van der Waals surface area contributed by atoms with Crippen LogP contribution in [-0.2, 0) is 32.5 Å². The summed E-state index contributed by atoms with van der Waals surface area (Å²) in [7, 11) is -2.03. The number of sulfonamides is 1. The molecule has 0 radical (unpaired) electrons. The van der Waals surface area contributed by atoms with Gasteiger partial charge in [0, 0.05) is 25.2 Å². The van der Waals surface area contributed by atoms with E-state index in [4.69, 9.17) is 20.9 Å². The van der Waals surface area contributed by atoms with Crippen molar-refractivity contribution in [1.82, 2.24) is 19.3 Å². The number of hydrogen-bond donors (Lipinski definition) is 1. The summed E-state index contributed by atoms with van der Waals surface area (Å²) in [5.74, 6) is 0.793. The molecule has 1 aliphatic rings. The van der Waals surface area contributed by atoms with Crippen molar-refractivity contribution >= 4 is 33.2 Å². The second-order valence-corrected chi connectivity index (χ2v) is 9.90. The molecular formula is C20H28ClN5O5S. The topological polar surface area (TPSA) is 118 Å². The maximum atomic E-state index is 12.9. The van der Waals surface area contributed by atoms with E-state index in [0.29, 0.717) is 37.2 Å². The number of halogens is 1. The van der Waals surface area contributed by atoms with Crippen molar-refractivity contribution in [3.05, 3.63) is 34.9 Å². The number of aromatic nitrogens is 2. The largest absolute Gasteiger partial charge is 0.379 e. The summed E-state index contributed by atoms with van der Waals surface area (Å²) >= 11 is 6.16. The normalized spacial score (nSPS) is 15.2. The quantitative estimate of drug-likeness (QED) is 0.544. The molecule has 0 unspecified atom stereocenters. The molecule has 2 heterocycles. The first-order valence-corrected chi connectivity index (χ1v) is 12.3. The average Bonchev–Trinajstić information content (AvgIpc) is 3.21. The molecule has 176 valence electrons. The summed E-state index contributed by atoms with van der Waals surface area (Å²) in [6.45, 7) is 3.66. The molecule has 1 fully saturated rings. The van der Waals surface area contributed by atoms with E-state index in [1.54, 1.807) is 18.0 Å². The zero-order chi connectivity index (χ0) is 23.1. The van der Waals surface area contributed by atoms with E-state index in [-0.39, 0.29) is 35.5 Å². The molecule has 0 saturated carbocycles. The van der Waals surface area contributed by atoms with Gasteiger partial charge in [-0.1, -0.05) is 30.1 Å². The van der Waals surface area contributed by atoms with Gasteiger partial charge in [-0.25, -0.2) is 8.42 Å². The van der Waals surface area contributed by atoms with E-state index in [0.717, 1.165) is 19.3 Å². The molecule has 1 aromatic heterocycles. The number of amides is 1. The Morgan fingerprint density at radius 2 is 2.06 bits per heavy atom. The van der Waals surface area contributed by atoms with E-state index >= 15 is 0 Å². The highest BCUT2D eigenvalue weighted by Gasteiger charge is 2.28. The Morgan fingerprint density at radius 3 is 2.78 bits per heavy atom. The predicted molar refractivity (Wildman–Crippen MR) is 119 cm³/mol. The molecule has 3 rings (SSSR count). The standard InChI is InChI=1S/C20H28ClN5O5S/c1-3-4-5-18-23-20(31-24-18)14-25(2)13-19(27)22-15-6-7-16(21)17(12-15)32(28,29)26-8-10-30-11-9-26/h6-7,12H,3-5,8-11,13-14H2,1-2H3,(H,22,27). The Labute approximate surface area is 192 Å². The van der Waals surface area contributed by atoms with Gasteiger partial charge in [-0.3, -0.25) is 9.69 Å². The zero-order valence-electron chi connectivity index (χ0n) is 18.2. The summed E-state index contributed by atoms with van der Waals surface area (Å²) in [6, 6.07) is 4.41. The number of likely N-dealkylation sites (N-methyl/N-ethyl adjacent to an activating group) is 1. The first-order valence-electron chi connectivity index (χ1n) is 10.5. The third-order valence-electron chi connectivity index (χ3n) is 4.89. The van der Waals surface area contributed by atoms with Crippen molar-refractivity contribution < 1.29 is 22.5 Å². The summed E-state index contributed by atoms with van der Waals surface area (Å²) < 4.78 is 37.6. The fourth-order valence-electron chi connectivity index (χ4n) is 3.23. The molecule has 10 nitrogen and oxygen atoms in total. The second-order valence-electron chi connectivity index (χ2n) is 7.59. The van der Waals surface area contributed by atoms with E-state index < -0.39 is 10.0 Å². The molecule has 0 bridgehead atoms. The lowest BCUT2D eigenvalue weighted by Gasteiger charge is -2.26. The van der Waals surface area contributed by atoms with E-state index in [1.807, 2.05) is 0 Å². The van der Waals surface area contributed by atoms with Gasteiger partial charge >= 0.3 is 0 Å². The number of aryl methyl sites for hydroxylation is 1.